The number of allylic oxidation sites excluding steroid dienone is 4. The van der Waals surface area contributed by atoms with E-state index in [2.05, 4.69) is 44.4 Å². The number of rotatable bonds is 9. The standard InChI is InChI=1S/C22H32N6O3Si/c23-27-25-14-20(15-26-28-24)32(18-7-3-1-4-8-18,19-9-5-2-6-10-19)31-17-11-16-12-22(29)30-21(16)13-17/h1,3-4,7,16-21H,2,5-6,8-15H2/t16-,17-,18?,21-,32?/m1/s1. The van der Waals surface area contributed by atoms with E-state index in [1.807, 2.05) is 0 Å². The van der Waals surface area contributed by atoms with Crippen molar-refractivity contribution in [3.63, 3.8) is 0 Å². The molecule has 32 heavy (non-hydrogen) atoms. The smallest absolute Gasteiger partial charge is 0.306 e. The topological polar surface area (TPSA) is 133 Å². The van der Waals surface area contributed by atoms with Gasteiger partial charge < -0.3 is 9.16 Å². The van der Waals surface area contributed by atoms with Crippen molar-refractivity contribution in [2.75, 3.05) is 13.1 Å². The first-order valence-corrected chi connectivity index (χ1v) is 14.0. The SMILES string of the molecule is [N-]=[N+]=NCC(CN=[N+]=[N-])[Si](O[C@@H]1C[C@@H]2CC(=O)O[C@@H]2C1)(C1C=CC=CC1)C1CCCCC1. The molecule has 0 bridgehead atoms. The predicted octanol–water partition coefficient (Wildman–Crippen LogP) is 6.25. The van der Waals surface area contributed by atoms with E-state index in [1.54, 1.807) is 0 Å². The fraction of sp³-hybridized carbons (Fsp3) is 0.773. The molecule has 0 radical (unpaired) electrons. The van der Waals surface area contributed by atoms with Gasteiger partial charge in [0, 0.05) is 46.9 Å². The zero-order valence-electron chi connectivity index (χ0n) is 18.5. The summed E-state index contributed by atoms with van der Waals surface area (Å²) in [5.41, 5.74) is 18.8. The normalized spacial score (nSPS) is 32.3. The first-order chi connectivity index (χ1) is 15.7. The molecule has 0 amide bonds. The second-order valence-corrected chi connectivity index (χ2v) is 13.9. The highest BCUT2D eigenvalue weighted by molar-refractivity contribution is 6.79. The molecule has 3 aliphatic carbocycles. The van der Waals surface area contributed by atoms with E-state index < -0.39 is 8.32 Å². The van der Waals surface area contributed by atoms with Crippen LogP contribution >= 0.6 is 0 Å². The van der Waals surface area contributed by atoms with E-state index >= 15 is 0 Å². The van der Waals surface area contributed by atoms with Gasteiger partial charge in [0.15, 0.2) is 0 Å². The van der Waals surface area contributed by atoms with Crippen molar-refractivity contribution in [1.82, 2.24) is 0 Å². The van der Waals surface area contributed by atoms with Gasteiger partial charge in [0.25, 0.3) is 0 Å². The lowest BCUT2D eigenvalue weighted by Gasteiger charge is -2.50. The molecule has 2 saturated carbocycles. The number of carbonyl (C=O) groups is 1. The summed E-state index contributed by atoms with van der Waals surface area (Å²) >= 11 is 0. The van der Waals surface area contributed by atoms with Gasteiger partial charge in [-0.25, -0.2) is 0 Å². The molecular weight excluding hydrogens is 424 g/mol. The molecule has 0 N–H and O–H groups in total. The number of nitrogens with zero attached hydrogens (tertiary/aromatic N) is 6. The van der Waals surface area contributed by atoms with Crippen LogP contribution in [0, 0.1) is 5.92 Å². The third-order valence-corrected chi connectivity index (χ3v) is 13.7. The second kappa shape index (κ2) is 10.6. The quantitative estimate of drug-likeness (QED) is 0.133. The first kappa shape index (κ1) is 22.9. The van der Waals surface area contributed by atoms with Crippen molar-refractivity contribution in [2.45, 2.75) is 86.6 Å². The highest BCUT2D eigenvalue weighted by atomic mass is 28.4. The summed E-state index contributed by atoms with van der Waals surface area (Å²) in [6, 6.07) is 0. The number of ether oxygens (including phenoxy) is 1. The molecule has 2 unspecified atom stereocenters. The minimum absolute atomic E-state index is 0.0330. The molecule has 1 heterocycles. The average molecular weight is 457 g/mol. The molecule has 1 saturated heterocycles. The lowest BCUT2D eigenvalue weighted by atomic mass is 10.0. The van der Waals surface area contributed by atoms with Crippen LogP contribution in [0.1, 0.15) is 57.8 Å². The molecule has 4 aliphatic rings. The molecule has 9 nitrogen and oxygen atoms in total. The maximum absolute atomic E-state index is 11.7. The van der Waals surface area contributed by atoms with Gasteiger partial charge in [-0.15, -0.1) is 0 Å². The molecule has 0 aromatic carbocycles. The van der Waals surface area contributed by atoms with Crippen molar-refractivity contribution in [2.24, 2.45) is 16.1 Å². The van der Waals surface area contributed by atoms with Crippen LogP contribution in [-0.2, 0) is 14.0 Å². The van der Waals surface area contributed by atoms with Crippen LogP contribution in [0.15, 0.2) is 34.5 Å². The fourth-order valence-electron chi connectivity index (χ4n) is 6.51. The highest BCUT2D eigenvalue weighted by Gasteiger charge is 2.56. The number of hydrogen-bond acceptors (Lipinski definition) is 5. The summed E-state index contributed by atoms with van der Waals surface area (Å²) < 4.78 is 12.9. The Morgan fingerprint density at radius 1 is 1.12 bits per heavy atom. The van der Waals surface area contributed by atoms with E-state index in [0.29, 0.717) is 25.1 Å². The summed E-state index contributed by atoms with van der Waals surface area (Å²) in [6.45, 7) is 0.585. The van der Waals surface area contributed by atoms with Crippen molar-refractivity contribution >= 4 is 14.3 Å². The molecule has 3 fully saturated rings. The molecule has 4 rings (SSSR count). The molecule has 172 valence electrons. The Bertz CT molecular complexity index is 811. The van der Waals surface area contributed by atoms with Crippen molar-refractivity contribution in [3.8, 4) is 0 Å². The first-order valence-electron chi connectivity index (χ1n) is 11.9. The molecule has 0 spiro atoms. The highest BCUT2D eigenvalue weighted by Crippen LogP contribution is 2.54. The zero-order valence-corrected chi connectivity index (χ0v) is 19.5. The van der Waals surface area contributed by atoms with Gasteiger partial charge in [-0.3, -0.25) is 4.79 Å². The lowest BCUT2D eigenvalue weighted by molar-refractivity contribution is -0.141. The number of carbonyl (C=O) groups excluding carboxylic acids is 1. The Morgan fingerprint density at radius 2 is 1.88 bits per heavy atom. The van der Waals surface area contributed by atoms with Crippen LogP contribution in [0.25, 0.3) is 20.9 Å². The molecule has 0 aromatic heterocycles. The van der Waals surface area contributed by atoms with Crippen LogP contribution < -0.4 is 0 Å². The van der Waals surface area contributed by atoms with Gasteiger partial charge in [0.05, 0.1) is 6.42 Å². The van der Waals surface area contributed by atoms with Gasteiger partial charge in [-0.1, -0.05) is 66.6 Å². The van der Waals surface area contributed by atoms with E-state index in [1.165, 1.54) is 19.3 Å². The van der Waals surface area contributed by atoms with Crippen molar-refractivity contribution < 1.29 is 14.0 Å². The Hall–Kier alpha value is -2.25. The van der Waals surface area contributed by atoms with E-state index in [-0.39, 0.29) is 35.2 Å². The van der Waals surface area contributed by atoms with E-state index in [9.17, 15) is 4.79 Å². The minimum Gasteiger partial charge on any atom is -0.462 e. The van der Waals surface area contributed by atoms with Gasteiger partial charge in [0.2, 0.25) is 8.32 Å². The van der Waals surface area contributed by atoms with Crippen molar-refractivity contribution in [1.29, 1.82) is 0 Å². The van der Waals surface area contributed by atoms with Crippen LogP contribution in [-0.4, -0.2) is 39.6 Å². The minimum atomic E-state index is -2.64. The third-order valence-electron chi connectivity index (χ3n) is 7.84. The zero-order chi connectivity index (χ0) is 22.4. The lowest BCUT2D eigenvalue weighted by Crippen LogP contribution is -2.56. The van der Waals surface area contributed by atoms with Crippen molar-refractivity contribution in [3.05, 3.63) is 45.2 Å². The average Bonchev–Trinajstić information content (AvgIpc) is 3.35. The maximum Gasteiger partial charge on any atom is 0.306 e. The number of azide groups is 2. The Balaban J connectivity index is 1.71. The molecule has 5 atom stereocenters. The van der Waals surface area contributed by atoms with Crippen LogP contribution in [0.3, 0.4) is 0 Å². The van der Waals surface area contributed by atoms with Crippen LogP contribution in [0.4, 0.5) is 0 Å². The molecule has 0 aromatic rings. The summed E-state index contributed by atoms with van der Waals surface area (Å²) in [5.74, 6) is 0.138. The van der Waals surface area contributed by atoms with Gasteiger partial charge in [0.1, 0.15) is 6.10 Å². The Kier molecular flexibility index (Phi) is 7.58. The summed E-state index contributed by atoms with van der Waals surface area (Å²) in [7, 11) is -2.64. The summed E-state index contributed by atoms with van der Waals surface area (Å²) in [6.07, 6.45) is 17.4. The van der Waals surface area contributed by atoms with Gasteiger partial charge in [-0.2, -0.15) is 0 Å². The second-order valence-electron chi connectivity index (χ2n) is 9.57. The van der Waals surface area contributed by atoms with Crippen LogP contribution in [0.2, 0.25) is 16.6 Å². The monoisotopic (exact) mass is 456 g/mol. The molecule has 10 heteroatoms. The molecule has 1 aliphatic heterocycles. The Labute approximate surface area is 189 Å². The van der Waals surface area contributed by atoms with Crippen LogP contribution in [0.5, 0.6) is 0 Å². The third kappa shape index (κ3) is 4.74. The van der Waals surface area contributed by atoms with E-state index in [4.69, 9.17) is 20.2 Å². The fourth-order valence-corrected chi connectivity index (χ4v) is 12.7. The summed E-state index contributed by atoms with van der Waals surface area (Å²) in [5, 5.41) is 7.93. The summed E-state index contributed by atoms with van der Waals surface area (Å²) in [4.78, 5) is 17.8. The largest absolute Gasteiger partial charge is 0.462 e. The number of hydrogen-bond donors (Lipinski definition) is 0. The predicted molar refractivity (Wildman–Crippen MR) is 123 cm³/mol. The number of fused-ring (bicyclic) bond motifs is 1. The molecular formula is C22H32N6O3Si. The number of esters is 1. The van der Waals surface area contributed by atoms with Gasteiger partial charge in [-0.05, 0) is 35.0 Å². The van der Waals surface area contributed by atoms with Gasteiger partial charge >= 0.3 is 5.97 Å². The Morgan fingerprint density at radius 3 is 2.50 bits per heavy atom. The van der Waals surface area contributed by atoms with E-state index in [0.717, 1.165) is 32.1 Å². The maximum atomic E-state index is 11.7.